The molecule has 1 heterocycles. The largest absolute Gasteiger partial charge is 0.342 e. The molecule has 4 nitrogen and oxygen atoms in total. The zero-order chi connectivity index (χ0) is 17.0. The summed E-state index contributed by atoms with van der Waals surface area (Å²) in [5.74, 6) is 0.00230. The van der Waals surface area contributed by atoms with Gasteiger partial charge >= 0.3 is 0 Å². The third-order valence-electron chi connectivity index (χ3n) is 4.91. The number of hydrogen-bond donors (Lipinski definition) is 1. The van der Waals surface area contributed by atoms with Gasteiger partial charge in [-0.3, -0.25) is 9.59 Å². The van der Waals surface area contributed by atoms with Crippen molar-refractivity contribution < 1.29 is 14.0 Å². The lowest BCUT2D eigenvalue weighted by Crippen LogP contribution is -2.47. The minimum Gasteiger partial charge on any atom is -0.342 e. The summed E-state index contributed by atoms with van der Waals surface area (Å²) in [6, 6.07) is 5.09. The Bertz CT molecular complexity index is 593. The van der Waals surface area contributed by atoms with Crippen molar-refractivity contribution in [2.75, 3.05) is 19.6 Å². The third kappa shape index (κ3) is 4.38. The number of rotatable bonds is 5. The summed E-state index contributed by atoms with van der Waals surface area (Å²) in [4.78, 5) is 25.6. The first kappa shape index (κ1) is 17.6. The Morgan fingerprint density at radius 3 is 2.52 bits per heavy atom. The van der Waals surface area contributed by atoms with Crippen LogP contribution >= 0.6 is 0 Å². The molecule has 0 unspecified atom stereocenters. The Kier molecular flexibility index (Phi) is 5.52. The number of piperidine rings is 1. The lowest BCUT2D eigenvalue weighted by molar-refractivity contribution is -0.137. The number of aryl methyl sites for hydroxylation is 1. The Morgan fingerprint density at radius 2 is 1.96 bits per heavy atom. The molecule has 0 spiro atoms. The van der Waals surface area contributed by atoms with Gasteiger partial charge in [-0.15, -0.1) is 0 Å². The van der Waals surface area contributed by atoms with Gasteiger partial charge in [0.15, 0.2) is 0 Å². The van der Waals surface area contributed by atoms with E-state index in [-0.39, 0.29) is 29.5 Å². The number of likely N-dealkylation sites (tertiary alicyclic amines) is 1. The first-order valence-electron chi connectivity index (χ1n) is 8.06. The molecule has 1 aliphatic rings. The molecule has 2 rings (SSSR count). The van der Waals surface area contributed by atoms with Crippen molar-refractivity contribution in [1.82, 2.24) is 10.2 Å². The van der Waals surface area contributed by atoms with Crippen LogP contribution in [0.5, 0.6) is 0 Å². The molecule has 1 aromatic rings. The number of benzene rings is 1. The van der Waals surface area contributed by atoms with Gasteiger partial charge in [-0.05, 0) is 43.9 Å². The van der Waals surface area contributed by atoms with Crippen LogP contribution in [0.4, 0.5) is 4.39 Å². The average Bonchev–Trinajstić information content (AvgIpc) is 2.51. The van der Waals surface area contributed by atoms with Crippen molar-refractivity contribution in [2.24, 2.45) is 5.41 Å². The van der Waals surface area contributed by atoms with Crippen LogP contribution in [0.3, 0.4) is 0 Å². The standard InChI is InChI=1S/C18H25FN2O2/c1-13-4-5-15(10-16(13)19)11-20-12-17(23)21-8-6-18(3,7-9-21)14(2)22/h4-5,10,20H,6-9,11-12H2,1-3H3. The molecule has 126 valence electrons. The van der Waals surface area contributed by atoms with Gasteiger partial charge in [0.05, 0.1) is 6.54 Å². The fourth-order valence-corrected chi connectivity index (χ4v) is 2.77. The van der Waals surface area contributed by atoms with E-state index in [1.165, 1.54) is 6.07 Å². The predicted octanol–water partition coefficient (Wildman–Crippen LogP) is 2.44. The molecular formula is C18H25FN2O2. The fourth-order valence-electron chi connectivity index (χ4n) is 2.77. The monoisotopic (exact) mass is 320 g/mol. The molecule has 1 amide bonds. The van der Waals surface area contributed by atoms with Crippen molar-refractivity contribution in [1.29, 1.82) is 0 Å². The second-order valence-electron chi connectivity index (χ2n) is 6.68. The van der Waals surface area contributed by atoms with Gasteiger partial charge in [-0.1, -0.05) is 19.1 Å². The molecule has 0 bridgehead atoms. The van der Waals surface area contributed by atoms with Crippen molar-refractivity contribution in [3.05, 3.63) is 35.1 Å². The van der Waals surface area contributed by atoms with E-state index >= 15 is 0 Å². The predicted molar refractivity (Wildman–Crippen MR) is 87.4 cm³/mol. The zero-order valence-electron chi connectivity index (χ0n) is 14.1. The maximum absolute atomic E-state index is 13.5. The molecule has 0 aliphatic carbocycles. The lowest BCUT2D eigenvalue weighted by Gasteiger charge is -2.37. The summed E-state index contributed by atoms with van der Waals surface area (Å²) in [5.41, 5.74) is 1.15. The van der Waals surface area contributed by atoms with Gasteiger partial charge in [0.25, 0.3) is 0 Å². The number of Topliss-reactive ketones (excluding diaryl/α,β-unsaturated/α-hetero) is 1. The summed E-state index contributed by atoms with van der Waals surface area (Å²) in [7, 11) is 0. The first-order valence-corrected chi connectivity index (χ1v) is 8.06. The first-order chi connectivity index (χ1) is 10.8. The molecule has 0 aromatic heterocycles. The van der Waals surface area contributed by atoms with Crippen LogP contribution in [0.15, 0.2) is 18.2 Å². The van der Waals surface area contributed by atoms with Crippen LogP contribution in [-0.4, -0.2) is 36.2 Å². The molecule has 0 saturated carbocycles. The number of carbonyl (C=O) groups is 2. The highest BCUT2D eigenvalue weighted by molar-refractivity contribution is 5.83. The maximum atomic E-state index is 13.5. The number of ketones is 1. The normalized spacial score (nSPS) is 17.1. The summed E-state index contributed by atoms with van der Waals surface area (Å²) >= 11 is 0. The second-order valence-corrected chi connectivity index (χ2v) is 6.68. The topological polar surface area (TPSA) is 49.4 Å². The summed E-state index contributed by atoms with van der Waals surface area (Å²) < 4.78 is 13.5. The highest BCUT2D eigenvalue weighted by Crippen LogP contribution is 2.31. The van der Waals surface area contributed by atoms with Crippen molar-refractivity contribution in [2.45, 2.75) is 40.2 Å². The Balaban J connectivity index is 1.77. The molecular weight excluding hydrogens is 295 g/mol. The molecule has 0 atom stereocenters. The van der Waals surface area contributed by atoms with Gasteiger partial charge in [0, 0.05) is 25.0 Å². The number of amides is 1. The summed E-state index contributed by atoms with van der Waals surface area (Å²) in [6.45, 7) is 7.25. The smallest absolute Gasteiger partial charge is 0.236 e. The number of carbonyl (C=O) groups excluding carboxylic acids is 2. The molecule has 1 aliphatic heterocycles. The number of nitrogens with zero attached hydrogens (tertiary/aromatic N) is 1. The van der Waals surface area contributed by atoms with E-state index in [2.05, 4.69) is 5.32 Å². The zero-order valence-corrected chi connectivity index (χ0v) is 14.1. The summed E-state index contributed by atoms with van der Waals surface area (Å²) in [6.07, 6.45) is 1.44. The average molecular weight is 320 g/mol. The van der Waals surface area contributed by atoms with Gasteiger partial charge in [-0.25, -0.2) is 4.39 Å². The van der Waals surface area contributed by atoms with E-state index in [4.69, 9.17) is 0 Å². The number of nitrogens with one attached hydrogen (secondary N) is 1. The van der Waals surface area contributed by atoms with E-state index in [1.54, 1.807) is 24.8 Å². The van der Waals surface area contributed by atoms with Crippen LogP contribution < -0.4 is 5.32 Å². The number of hydrogen-bond acceptors (Lipinski definition) is 3. The van der Waals surface area contributed by atoms with Crippen molar-refractivity contribution in [3.63, 3.8) is 0 Å². The number of halogens is 1. The minimum absolute atomic E-state index is 0.0307. The van der Waals surface area contributed by atoms with E-state index < -0.39 is 0 Å². The van der Waals surface area contributed by atoms with Crippen LogP contribution in [0.25, 0.3) is 0 Å². The Hall–Kier alpha value is -1.75. The second kappa shape index (κ2) is 7.21. The van der Waals surface area contributed by atoms with Crippen LogP contribution in [0.1, 0.15) is 37.8 Å². The van der Waals surface area contributed by atoms with E-state index in [1.807, 2.05) is 13.0 Å². The lowest BCUT2D eigenvalue weighted by atomic mass is 9.77. The van der Waals surface area contributed by atoms with Gasteiger partial charge in [0.2, 0.25) is 5.91 Å². The molecule has 1 saturated heterocycles. The highest BCUT2D eigenvalue weighted by Gasteiger charge is 2.35. The van der Waals surface area contributed by atoms with Gasteiger partial charge in [0.1, 0.15) is 11.6 Å². The maximum Gasteiger partial charge on any atom is 0.236 e. The van der Waals surface area contributed by atoms with E-state index in [0.717, 1.165) is 18.4 Å². The minimum atomic E-state index is -0.288. The Labute approximate surface area is 137 Å². The SMILES string of the molecule is CC(=O)C1(C)CCN(C(=O)CNCc2ccc(C)c(F)c2)CC1. The van der Waals surface area contributed by atoms with Gasteiger partial charge in [-0.2, -0.15) is 0 Å². The van der Waals surface area contributed by atoms with Crippen molar-refractivity contribution >= 4 is 11.7 Å². The quantitative estimate of drug-likeness (QED) is 0.906. The van der Waals surface area contributed by atoms with E-state index in [0.29, 0.717) is 25.2 Å². The fraction of sp³-hybridized carbons (Fsp3) is 0.556. The molecule has 1 aromatic carbocycles. The molecule has 1 fully saturated rings. The van der Waals surface area contributed by atoms with Gasteiger partial charge < -0.3 is 10.2 Å². The van der Waals surface area contributed by atoms with E-state index in [9.17, 15) is 14.0 Å². The molecule has 23 heavy (non-hydrogen) atoms. The van der Waals surface area contributed by atoms with Crippen LogP contribution in [-0.2, 0) is 16.1 Å². The third-order valence-corrected chi connectivity index (χ3v) is 4.91. The molecule has 0 radical (unpaired) electrons. The molecule has 5 heteroatoms. The van der Waals surface area contributed by atoms with Crippen LogP contribution in [0, 0.1) is 18.2 Å². The van der Waals surface area contributed by atoms with Crippen LogP contribution in [0.2, 0.25) is 0 Å². The van der Waals surface area contributed by atoms with Crippen molar-refractivity contribution in [3.8, 4) is 0 Å². The Morgan fingerprint density at radius 1 is 1.30 bits per heavy atom. The highest BCUT2D eigenvalue weighted by atomic mass is 19.1. The molecule has 1 N–H and O–H groups in total. The summed E-state index contributed by atoms with van der Waals surface area (Å²) in [5, 5.41) is 3.06.